The lowest BCUT2D eigenvalue weighted by Gasteiger charge is -2.13. The van der Waals surface area contributed by atoms with Crippen molar-refractivity contribution in [3.63, 3.8) is 0 Å². The van der Waals surface area contributed by atoms with Gasteiger partial charge < -0.3 is 19.9 Å². The van der Waals surface area contributed by atoms with Gasteiger partial charge >= 0.3 is 5.97 Å². The minimum Gasteiger partial charge on any atom is -0.493 e. The zero-order chi connectivity index (χ0) is 12.8. The van der Waals surface area contributed by atoms with Crippen molar-refractivity contribution >= 4 is 11.7 Å². The molecule has 1 rings (SSSR count). The minimum absolute atomic E-state index is 0.177. The van der Waals surface area contributed by atoms with Crippen LogP contribution in [0.3, 0.4) is 0 Å². The van der Waals surface area contributed by atoms with E-state index in [-0.39, 0.29) is 5.56 Å². The predicted octanol–water partition coefficient (Wildman–Crippen LogP) is 2.22. The summed E-state index contributed by atoms with van der Waals surface area (Å²) in [6.07, 6.45) is 0.910. The highest BCUT2D eigenvalue weighted by Gasteiger charge is 2.15. The van der Waals surface area contributed by atoms with Gasteiger partial charge in [0.15, 0.2) is 11.5 Å². The molecule has 2 N–H and O–H groups in total. The Kier molecular flexibility index (Phi) is 4.63. The highest BCUT2D eigenvalue weighted by atomic mass is 16.5. The maximum Gasteiger partial charge on any atom is 0.337 e. The number of carboxylic acids is 1. The van der Waals surface area contributed by atoms with Gasteiger partial charge in [0.2, 0.25) is 0 Å². The quantitative estimate of drug-likeness (QED) is 0.796. The smallest absolute Gasteiger partial charge is 0.337 e. The van der Waals surface area contributed by atoms with Crippen LogP contribution in [0, 0.1) is 0 Å². The van der Waals surface area contributed by atoms with Gasteiger partial charge in [-0.05, 0) is 6.42 Å². The van der Waals surface area contributed by atoms with Crippen LogP contribution in [0.1, 0.15) is 23.7 Å². The summed E-state index contributed by atoms with van der Waals surface area (Å²) in [7, 11) is 2.99. The molecule has 0 aliphatic heterocycles. The average molecular weight is 239 g/mol. The topological polar surface area (TPSA) is 67.8 Å². The minimum atomic E-state index is -0.996. The third-order valence-electron chi connectivity index (χ3n) is 2.32. The van der Waals surface area contributed by atoms with E-state index in [4.69, 9.17) is 14.6 Å². The first-order chi connectivity index (χ1) is 8.13. The van der Waals surface area contributed by atoms with Crippen LogP contribution < -0.4 is 14.8 Å². The molecule has 0 aromatic heterocycles. The number of ether oxygens (including phenoxy) is 2. The van der Waals surface area contributed by atoms with Crippen molar-refractivity contribution in [2.75, 3.05) is 26.1 Å². The maximum absolute atomic E-state index is 11.1. The van der Waals surface area contributed by atoms with Gasteiger partial charge in [-0.2, -0.15) is 0 Å². The van der Waals surface area contributed by atoms with Crippen molar-refractivity contribution < 1.29 is 19.4 Å². The fourth-order valence-corrected chi connectivity index (χ4v) is 1.46. The van der Waals surface area contributed by atoms with Crippen LogP contribution in [0.25, 0.3) is 0 Å². The number of methoxy groups -OCH3 is 2. The number of benzene rings is 1. The summed E-state index contributed by atoms with van der Waals surface area (Å²) in [6, 6.07) is 3.09. The lowest BCUT2D eigenvalue weighted by molar-refractivity contribution is 0.0697. The van der Waals surface area contributed by atoms with Crippen molar-refractivity contribution in [1.29, 1.82) is 0 Å². The number of carbonyl (C=O) groups is 1. The molecule has 5 heteroatoms. The summed E-state index contributed by atoms with van der Waals surface area (Å²) < 4.78 is 10.2. The third-order valence-corrected chi connectivity index (χ3v) is 2.32. The van der Waals surface area contributed by atoms with Crippen LogP contribution in [0.4, 0.5) is 5.69 Å². The van der Waals surface area contributed by atoms with E-state index in [9.17, 15) is 4.79 Å². The van der Waals surface area contributed by atoms with E-state index in [0.717, 1.165) is 6.42 Å². The van der Waals surface area contributed by atoms with E-state index in [1.165, 1.54) is 20.3 Å². The molecule has 0 saturated carbocycles. The summed E-state index contributed by atoms with van der Waals surface area (Å²) in [5.41, 5.74) is 0.716. The predicted molar refractivity (Wildman–Crippen MR) is 65.3 cm³/mol. The molecule has 0 heterocycles. The Hall–Kier alpha value is -1.91. The normalized spacial score (nSPS) is 9.82. The molecule has 0 bridgehead atoms. The summed E-state index contributed by atoms with van der Waals surface area (Å²) in [6.45, 7) is 2.71. The zero-order valence-electron chi connectivity index (χ0n) is 10.2. The van der Waals surface area contributed by atoms with E-state index in [0.29, 0.717) is 23.7 Å². The molecule has 1 aromatic carbocycles. The molecular formula is C12H17NO4. The number of hydrogen-bond donors (Lipinski definition) is 2. The third kappa shape index (κ3) is 3.03. The number of anilines is 1. The van der Waals surface area contributed by atoms with Crippen molar-refractivity contribution in [2.45, 2.75) is 13.3 Å². The van der Waals surface area contributed by atoms with Crippen LogP contribution in [0.5, 0.6) is 11.5 Å². The number of hydrogen-bond acceptors (Lipinski definition) is 4. The summed E-state index contributed by atoms with van der Waals surface area (Å²) in [4.78, 5) is 11.1. The molecule has 0 amide bonds. The fraction of sp³-hybridized carbons (Fsp3) is 0.417. The number of rotatable bonds is 6. The van der Waals surface area contributed by atoms with E-state index < -0.39 is 5.97 Å². The highest BCUT2D eigenvalue weighted by Crippen LogP contribution is 2.33. The number of aromatic carboxylic acids is 1. The molecule has 94 valence electrons. The maximum atomic E-state index is 11.1. The van der Waals surface area contributed by atoms with Gasteiger partial charge in [-0.15, -0.1) is 0 Å². The molecule has 0 saturated heterocycles. The van der Waals surface area contributed by atoms with Gasteiger partial charge in [0.1, 0.15) is 0 Å². The standard InChI is InChI=1S/C12H17NO4/c1-4-5-13-9-7-11(17-3)10(16-2)6-8(9)12(14)15/h6-7,13H,4-5H2,1-3H3,(H,14,15). The first-order valence-electron chi connectivity index (χ1n) is 5.37. The van der Waals surface area contributed by atoms with Crippen molar-refractivity contribution in [3.8, 4) is 11.5 Å². The van der Waals surface area contributed by atoms with E-state index in [1.54, 1.807) is 6.07 Å². The molecule has 1 aromatic rings. The van der Waals surface area contributed by atoms with Crippen LogP contribution in [0.15, 0.2) is 12.1 Å². The van der Waals surface area contributed by atoms with Gasteiger partial charge in [0.25, 0.3) is 0 Å². The van der Waals surface area contributed by atoms with Gasteiger partial charge in [-0.1, -0.05) is 6.92 Å². The second kappa shape index (κ2) is 5.98. The van der Waals surface area contributed by atoms with Gasteiger partial charge in [0, 0.05) is 18.7 Å². The lowest BCUT2D eigenvalue weighted by atomic mass is 10.1. The molecule has 17 heavy (non-hydrogen) atoms. The van der Waals surface area contributed by atoms with Crippen LogP contribution in [0.2, 0.25) is 0 Å². The Labute approximate surface area is 100 Å². The van der Waals surface area contributed by atoms with Gasteiger partial charge in [0.05, 0.1) is 25.5 Å². The Morgan fingerprint density at radius 3 is 2.35 bits per heavy atom. The molecule has 0 spiro atoms. The fourth-order valence-electron chi connectivity index (χ4n) is 1.46. The average Bonchev–Trinajstić information content (AvgIpc) is 2.34. The summed E-state index contributed by atoms with van der Waals surface area (Å²) in [5, 5.41) is 12.2. The molecule has 0 unspecified atom stereocenters. The first kappa shape index (κ1) is 13.2. The summed E-state index contributed by atoms with van der Waals surface area (Å²) in [5.74, 6) is -0.0763. The Morgan fingerprint density at radius 2 is 1.88 bits per heavy atom. The molecule has 0 aliphatic carbocycles. The lowest BCUT2D eigenvalue weighted by Crippen LogP contribution is -2.08. The molecule has 0 atom stereocenters. The largest absolute Gasteiger partial charge is 0.493 e. The second-order valence-electron chi connectivity index (χ2n) is 3.48. The molecule has 0 radical (unpaired) electrons. The van der Waals surface area contributed by atoms with Gasteiger partial charge in [-0.25, -0.2) is 4.79 Å². The van der Waals surface area contributed by atoms with Gasteiger partial charge in [-0.3, -0.25) is 0 Å². The summed E-state index contributed by atoms with van der Waals surface area (Å²) >= 11 is 0. The zero-order valence-corrected chi connectivity index (χ0v) is 10.2. The van der Waals surface area contributed by atoms with Crippen molar-refractivity contribution in [3.05, 3.63) is 17.7 Å². The monoisotopic (exact) mass is 239 g/mol. The van der Waals surface area contributed by atoms with Crippen molar-refractivity contribution in [1.82, 2.24) is 0 Å². The molecule has 0 aliphatic rings. The molecular weight excluding hydrogens is 222 g/mol. The van der Waals surface area contributed by atoms with E-state index >= 15 is 0 Å². The molecule has 5 nitrogen and oxygen atoms in total. The highest BCUT2D eigenvalue weighted by molar-refractivity contribution is 5.95. The van der Waals surface area contributed by atoms with Crippen LogP contribution >= 0.6 is 0 Å². The Bertz CT molecular complexity index is 404. The van der Waals surface area contributed by atoms with E-state index in [1.807, 2.05) is 6.92 Å². The van der Waals surface area contributed by atoms with Crippen LogP contribution in [-0.2, 0) is 0 Å². The second-order valence-corrected chi connectivity index (χ2v) is 3.48. The number of nitrogens with one attached hydrogen (secondary N) is 1. The van der Waals surface area contributed by atoms with Crippen LogP contribution in [-0.4, -0.2) is 31.8 Å². The SMILES string of the molecule is CCCNc1cc(OC)c(OC)cc1C(=O)O. The molecule has 0 fully saturated rings. The Morgan fingerprint density at radius 1 is 1.29 bits per heavy atom. The van der Waals surface area contributed by atoms with E-state index in [2.05, 4.69) is 5.32 Å². The van der Waals surface area contributed by atoms with Crippen molar-refractivity contribution in [2.24, 2.45) is 0 Å². The number of carboxylic acid groups (broad SMARTS) is 1. The first-order valence-corrected chi connectivity index (χ1v) is 5.37. The Balaban J connectivity index is 3.19.